The molecular weight excluding hydrogens is 582 g/mol. The SMILES string of the molecule is CNC(=O)c1ccc2c(c1)CCc1cc(C(=O)NC)ccc1C2(C[C@@H](NCC(=O)N1C(C#N)C[C@@H]2C[C@@H]21)C(C)(C)C)c1nn[nH]n1. The van der Waals surface area contributed by atoms with Crippen LogP contribution in [0.15, 0.2) is 36.4 Å². The number of carbonyl (C=O) groups excluding carboxylic acids is 3. The molecule has 46 heavy (non-hydrogen) atoms. The predicted octanol–water partition coefficient (Wildman–Crippen LogP) is 2.26. The molecule has 3 aliphatic rings. The monoisotopic (exact) mass is 623 g/mol. The van der Waals surface area contributed by atoms with Crippen LogP contribution in [0.25, 0.3) is 0 Å². The first-order valence-corrected chi connectivity index (χ1v) is 15.9. The molecule has 2 aromatic carbocycles. The van der Waals surface area contributed by atoms with Gasteiger partial charge in [-0.15, -0.1) is 10.2 Å². The van der Waals surface area contributed by atoms with E-state index in [1.54, 1.807) is 19.0 Å². The number of amides is 3. The number of fused-ring (bicyclic) bond motifs is 3. The summed E-state index contributed by atoms with van der Waals surface area (Å²) >= 11 is 0. The number of aromatic nitrogens is 4. The Morgan fingerprint density at radius 2 is 1.63 bits per heavy atom. The molecule has 2 fully saturated rings. The molecule has 1 aromatic heterocycles. The highest BCUT2D eigenvalue weighted by Gasteiger charge is 2.54. The second-order valence-corrected chi connectivity index (χ2v) is 13.8. The largest absolute Gasteiger partial charge is 0.355 e. The highest BCUT2D eigenvalue weighted by Crippen LogP contribution is 2.49. The van der Waals surface area contributed by atoms with Crippen LogP contribution < -0.4 is 16.0 Å². The lowest BCUT2D eigenvalue weighted by Crippen LogP contribution is -2.51. The van der Waals surface area contributed by atoms with Crippen molar-refractivity contribution in [3.05, 3.63) is 75.6 Å². The quantitative estimate of drug-likeness (QED) is 0.296. The maximum Gasteiger partial charge on any atom is 0.251 e. The number of hydrogen-bond donors (Lipinski definition) is 4. The summed E-state index contributed by atoms with van der Waals surface area (Å²) in [6.45, 7) is 6.49. The molecule has 12 heteroatoms. The topological polar surface area (TPSA) is 169 Å². The van der Waals surface area contributed by atoms with E-state index in [-0.39, 0.29) is 47.8 Å². The van der Waals surface area contributed by atoms with Crippen LogP contribution >= 0.6 is 0 Å². The molecule has 0 spiro atoms. The Labute approximate surface area is 268 Å². The fourth-order valence-corrected chi connectivity index (χ4v) is 7.54. The highest BCUT2D eigenvalue weighted by atomic mass is 16.2. The summed E-state index contributed by atoms with van der Waals surface area (Å²) in [4.78, 5) is 40.8. The molecule has 2 aliphatic carbocycles. The van der Waals surface area contributed by atoms with E-state index >= 15 is 0 Å². The van der Waals surface area contributed by atoms with Crippen LogP contribution in [-0.2, 0) is 23.1 Å². The number of hydrogen-bond acceptors (Lipinski definition) is 8. The Balaban J connectivity index is 1.48. The minimum Gasteiger partial charge on any atom is -0.355 e. The van der Waals surface area contributed by atoms with E-state index in [2.05, 4.69) is 63.4 Å². The molecule has 1 unspecified atom stereocenters. The van der Waals surface area contributed by atoms with Crippen molar-refractivity contribution < 1.29 is 14.4 Å². The van der Waals surface area contributed by atoms with Gasteiger partial charge in [-0.05, 0) is 90.0 Å². The summed E-state index contributed by atoms with van der Waals surface area (Å²) in [6.07, 6.45) is 3.43. The van der Waals surface area contributed by atoms with E-state index < -0.39 is 5.41 Å². The van der Waals surface area contributed by atoms with Gasteiger partial charge >= 0.3 is 0 Å². The Morgan fingerprint density at radius 3 is 2.13 bits per heavy atom. The number of rotatable bonds is 8. The summed E-state index contributed by atoms with van der Waals surface area (Å²) in [5.41, 5.74) is 3.66. The normalized spacial score (nSPS) is 21.6. The van der Waals surface area contributed by atoms with Crippen LogP contribution in [0.2, 0.25) is 0 Å². The molecule has 12 nitrogen and oxygen atoms in total. The van der Waals surface area contributed by atoms with E-state index in [4.69, 9.17) is 0 Å². The first kappa shape index (κ1) is 31.4. The third kappa shape index (κ3) is 5.42. The van der Waals surface area contributed by atoms with Crippen LogP contribution in [-0.4, -0.2) is 82.0 Å². The third-order valence-corrected chi connectivity index (χ3v) is 10.1. The lowest BCUT2D eigenvalue weighted by Gasteiger charge is -2.41. The molecule has 4 N–H and O–H groups in total. The molecule has 3 amide bonds. The number of aromatic amines is 1. The molecule has 0 radical (unpaired) electrons. The molecule has 1 saturated carbocycles. The maximum atomic E-state index is 13.6. The fraction of sp³-hybridized carbons (Fsp3) is 0.500. The Hall–Kier alpha value is -4.63. The standard InChI is InChI=1S/C34H41N9O3/c1-33(2,3)28(38-18-29(44)43-24(17-35)14-23-15-27(23)43)16-34(32-39-41-42-40-32)25-10-8-21(30(45)36-4)12-19(25)6-7-20-13-22(31(46)37-5)9-11-26(20)34/h8-13,23-24,27-28,38H,6-7,14-16,18H2,1-5H3,(H,36,45)(H,37,46)(H,39,40,41,42)/t23-,24?,27+,28-/m1/s1. The second kappa shape index (κ2) is 11.9. The molecule has 4 atom stereocenters. The zero-order valence-electron chi connectivity index (χ0n) is 27.0. The molecule has 2 heterocycles. The summed E-state index contributed by atoms with van der Waals surface area (Å²) in [6, 6.07) is 13.4. The third-order valence-electron chi connectivity index (χ3n) is 10.1. The fourth-order valence-electron chi connectivity index (χ4n) is 7.54. The average molecular weight is 624 g/mol. The lowest BCUT2D eigenvalue weighted by molar-refractivity contribution is -0.131. The second-order valence-electron chi connectivity index (χ2n) is 13.8. The van der Waals surface area contributed by atoms with Crippen LogP contribution in [0.5, 0.6) is 0 Å². The summed E-state index contributed by atoms with van der Waals surface area (Å²) in [5.74, 6) is 0.475. The van der Waals surface area contributed by atoms with E-state index in [9.17, 15) is 19.6 Å². The van der Waals surface area contributed by atoms with Crippen LogP contribution in [0.3, 0.4) is 0 Å². The highest BCUT2D eigenvalue weighted by molar-refractivity contribution is 5.95. The molecule has 240 valence electrons. The summed E-state index contributed by atoms with van der Waals surface area (Å²) in [5, 5.41) is 34.6. The van der Waals surface area contributed by atoms with Crippen molar-refractivity contribution >= 4 is 17.7 Å². The first-order valence-electron chi connectivity index (χ1n) is 15.9. The zero-order valence-corrected chi connectivity index (χ0v) is 27.0. The number of carbonyl (C=O) groups is 3. The Morgan fingerprint density at radius 1 is 1.02 bits per heavy atom. The Bertz CT molecular complexity index is 1640. The van der Waals surface area contributed by atoms with Gasteiger partial charge in [0.05, 0.1) is 18.0 Å². The molecule has 0 bridgehead atoms. The number of nitriles is 1. The number of nitrogens with one attached hydrogen (secondary N) is 4. The Kier molecular flexibility index (Phi) is 8.14. The van der Waals surface area contributed by atoms with Gasteiger partial charge in [0.25, 0.3) is 11.8 Å². The van der Waals surface area contributed by atoms with E-state index in [1.807, 2.05) is 36.4 Å². The van der Waals surface area contributed by atoms with E-state index in [0.717, 1.165) is 35.1 Å². The van der Waals surface area contributed by atoms with E-state index in [0.29, 0.717) is 42.1 Å². The molecule has 3 aromatic rings. The van der Waals surface area contributed by atoms with Gasteiger partial charge in [-0.1, -0.05) is 38.1 Å². The van der Waals surface area contributed by atoms with Crippen molar-refractivity contribution in [3.63, 3.8) is 0 Å². The van der Waals surface area contributed by atoms with Gasteiger partial charge in [0.2, 0.25) is 5.91 Å². The van der Waals surface area contributed by atoms with Gasteiger partial charge in [0.1, 0.15) is 6.04 Å². The first-order chi connectivity index (χ1) is 22.0. The van der Waals surface area contributed by atoms with Crippen molar-refractivity contribution in [2.45, 2.75) is 76.4 Å². The number of benzene rings is 2. The number of likely N-dealkylation sites (tertiary alicyclic amines) is 1. The van der Waals surface area contributed by atoms with Crippen molar-refractivity contribution in [2.24, 2.45) is 11.3 Å². The van der Waals surface area contributed by atoms with E-state index in [1.165, 1.54) is 0 Å². The van der Waals surface area contributed by atoms with Gasteiger partial charge in [-0.2, -0.15) is 10.5 Å². The minimum absolute atomic E-state index is 0.0634. The van der Waals surface area contributed by atoms with Gasteiger partial charge in [-0.3, -0.25) is 14.4 Å². The molecule has 6 rings (SSSR count). The van der Waals surface area contributed by atoms with Crippen LogP contribution in [0, 0.1) is 22.7 Å². The summed E-state index contributed by atoms with van der Waals surface area (Å²) < 4.78 is 0. The number of tetrazole rings is 1. The zero-order chi connectivity index (χ0) is 32.8. The smallest absolute Gasteiger partial charge is 0.251 e. The number of aryl methyl sites for hydroxylation is 2. The van der Waals surface area contributed by atoms with Crippen molar-refractivity contribution in [2.75, 3.05) is 20.6 Å². The lowest BCUT2D eigenvalue weighted by atomic mass is 9.64. The van der Waals surface area contributed by atoms with Gasteiger partial charge in [0.15, 0.2) is 5.82 Å². The number of H-pyrrole nitrogens is 1. The van der Waals surface area contributed by atoms with Gasteiger partial charge in [0, 0.05) is 37.3 Å². The average Bonchev–Trinajstić information content (AvgIpc) is 3.43. The van der Waals surface area contributed by atoms with Crippen molar-refractivity contribution in [3.8, 4) is 6.07 Å². The van der Waals surface area contributed by atoms with Crippen molar-refractivity contribution in [1.29, 1.82) is 5.26 Å². The molecular formula is C34H41N9O3. The minimum atomic E-state index is -0.949. The number of nitrogens with zero attached hydrogens (tertiary/aromatic N) is 5. The predicted molar refractivity (Wildman–Crippen MR) is 170 cm³/mol. The van der Waals surface area contributed by atoms with Crippen LogP contribution in [0.4, 0.5) is 0 Å². The van der Waals surface area contributed by atoms with Crippen LogP contribution in [0.1, 0.15) is 88.8 Å². The molecule has 1 aliphatic heterocycles. The van der Waals surface area contributed by atoms with Crippen molar-refractivity contribution in [1.82, 2.24) is 41.5 Å². The van der Waals surface area contributed by atoms with Gasteiger partial charge < -0.3 is 20.9 Å². The van der Waals surface area contributed by atoms with Gasteiger partial charge in [-0.25, -0.2) is 0 Å². The molecule has 1 saturated heterocycles. The summed E-state index contributed by atoms with van der Waals surface area (Å²) in [7, 11) is 3.22. The maximum absolute atomic E-state index is 13.6. The number of piperidine rings is 1.